The molecule has 2 aromatic rings. The first-order chi connectivity index (χ1) is 13.1. The number of carbonyl (C=O) groups is 2. The molecular weight excluding hydrogens is 346 g/mol. The molecule has 0 bridgehead atoms. The Hall–Kier alpha value is -3.54. The van der Waals surface area contributed by atoms with Crippen LogP contribution in [0.1, 0.15) is 25.7 Å². The summed E-state index contributed by atoms with van der Waals surface area (Å²) < 4.78 is 0. The van der Waals surface area contributed by atoms with Gasteiger partial charge in [0, 0.05) is 31.4 Å². The molecule has 0 spiro atoms. The number of benzene rings is 1. The fourth-order valence-corrected chi connectivity index (χ4v) is 2.48. The molecule has 2 N–H and O–H groups in total. The highest BCUT2D eigenvalue weighted by Gasteiger charge is 2.39. The number of nitrogens with zero attached hydrogens (tertiary/aromatic N) is 5. The van der Waals surface area contributed by atoms with Crippen LogP contribution < -0.4 is 10.6 Å². The Labute approximate surface area is 156 Å². The van der Waals surface area contributed by atoms with Crippen molar-refractivity contribution in [3.8, 4) is 18.0 Å². The Morgan fingerprint density at radius 3 is 2.41 bits per heavy atom. The maximum atomic E-state index is 12.0. The van der Waals surface area contributed by atoms with Gasteiger partial charge in [-0.05, 0) is 24.3 Å². The van der Waals surface area contributed by atoms with Crippen LogP contribution in [0.15, 0.2) is 46.9 Å². The molecule has 1 aliphatic heterocycles. The number of aromatic nitrogens is 3. The molecule has 0 radical (unpaired) electrons. The third-order valence-corrected chi connectivity index (χ3v) is 4.05. The summed E-state index contributed by atoms with van der Waals surface area (Å²) in [5.74, 6) is 2.02. The molecule has 2 heterocycles. The third-order valence-electron chi connectivity index (χ3n) is 4.05. The summed E-state index contributed by atoms with van der Waals surface area (Å²) in [4.78, 5) is 25.3. The van der Waals surface area contributed by atoms with E-state index in [1.807, 2.05) is 0 Å². The molecule has 0 saturated heterocycles. The van der Waals surface area contributed by atoms with Crippen LogP contribution in [0.4, 0.5) is 5.69 Å². The maximum Gasteiger partial charge on any atom is 0.243 e. The Morgan fingerprint density at radius 2 is 1.78 bits per heavy atom. The van der Waals surface area contributed by atoms with Gasteiger partial charge in [0.25, 0.3) is 0 Å². The van der Waals surface area contributed by atoms with Crippen molar-refractivity contribution in [3.05, 3.63) is 36.7 Å². The molecule has 1 aliphatic rings. The van der Waals surface area contributed by atoms with Crippen LogP contribution in [0, 0.1) is 12.3 Å². The Kier molecular flexibility index (Phi) is 5.56. The number of terminal acetylenes is 1. The predicted molar refractivity (Wildman–Crippen MR) is 97.9 cm³/mol. The normalized spacial score (nSPS) is 13.6. The average Bonchev–Trinajstić information content (AvgIpc) is 3.24. The van der Waals surface area contributed by atoms with Crippen molar-refractivity contribution in [1.82, 2.24) is 20.3 Å². The van der Waals surface area contributed by atoms with Crippen molar-refractivity contribution < 1.29 is 9.59 Å². The summed E-state index contributed by atoms with van der Waals surface area (Å²) >= 11 is 0. The second-order valence-electron chi connectivity index (χ2n) is 6.08. The monoisotopic (exact) mass is 365 g/mol. The van der Waals surface area contributed by atoms with Crippen LogP contribution in [0.2, 0.25) is 0 Å². The van der Waals surface area contributed by atoms with Gasteiger partial charge >= 0.3 is 0 Å². The minimum atomic E-state index is -0.489. The molecule has 9 nitrogen and oxygen atoms in total. The van der Waals surface area contributed by atoms with Gasteiger partial charge in [-0.15, -0.1) is 12.3 Å². The lowest BCUT2D eigenvalue weighted by Crippen LogP contribution is -2.33. The highest BCUT2D eigenvalue weighted by Crippen LogP contribution is 2.37. The Bertz CT molecular complexity index is 860. The van der Waals surface area contributed by atoms with Crippen LogP contribution in [0.5, 0.6) is 0 Å². The van der Waals surface area contributed by atoms with Gasteiger partial charge in [-0.1, -0.05) is 0 Å². The molecule has 3 rings (SSSR count). The van der Waals surface area contributed by atoms with Gasteiger partial charge in [-0.25, -0.2) is 0 Å². The van der Waals surface area contributed by atoms with Crippen molar-refractivity contribution in [2.75, 3.05) is 11.9 Å². The molecule has 2 amide bonds. The van der Waals surface area contributed by atoms with Crippen LogP contribution >= 0.6 is 0 Å². The average molecular weight is 365 g/mol. The molecular formula is C18H19N7O2. The van der Waals surface area contributed by atoms with Crippen LogP contribution in [0.25, 0.3) is 5.69 Å². The molecule has 27 heavy (non-hydrogen) atoms. The SMILES string of the molecule is C#CCCC1(CCC(=O)NCC(=O)Nc2ccc(-n3nccn3)cc2)N=N1. The number of amides is 2. The lowest BCUT2D eigenvalue weighted by atomic mass is 10.0. The third kappa shape index (κ3) is 5.22. The van der Waals surface area contributed by atoms with E-state index in [-0.39, 0.29) is 24.8 Å². The van der Waals surface area contributed by atoms with E-state index in [1.165, 1.54) is 4.80 Å². The molecule has 0 atom stereocenters. The zero-order valence-electron chi connectivity index (χ0n) is 14.6. The molecule has 0 unspecified atom stereocenters. The van der Waals surface area contributed by atoms with E-state index in [1.54, 1.807) is 36.7 Å². The van der Waals surface area contributed by atoms with Crippen LogP contribution in [-0.4, -0.2) is 39.0 Å². The Balaban J connectivity index is 1.38. The van der Waals surface area contributed by atoms with Crippen molar-refractivity contribution in [2.24, 2.45) is 10.2 Å². The van der Waals surface area contributed by atoms with Crippen LogP contribution in [-0.2, 0) is 9.59 Å². The van der Waals surface area contributed by atoms with E-state index in [0.717, 1.165) is 5.69 Å². The lowest BCUT2D eigenvalue weighted by molar-refractivity contribution is -0.124. The van der Waals surface area contributed by atoms with E-state index >= 15 is 0 Å². The second-order valence-corrected chi connectivity index (χ2v) is 6.08. The molecule has 9 heteroatoms. The molecule has 138 valence electrons. The molecule has 0 saturated carbocycles. The molecule has 1 aromatic heterocycles. The summed E-state index contributed by atoms with van der Waals surface area (Å²) in [6, 6.07) is 7.05. The van der Waals surface area contributed by atoms with E-state index in [2.05, 4.69) is 37.0 Å². The zero-order chi connectivity index (χ0) is 19.1. The zero-order valence-corrected chi connectivity index (χ0v) is 14.6. The van der Waals surface area contributed by atoms with Crippen molar-refractivity contribution in [2.45, 2.75) is 31.3 Å². The Morgan fingerprint density at radius 1 is 1.07 bits per heavy atom. The number of rotatable bonds is 9. The van der Waals surface area contributed by atoms with Gasteiger partial charge in [-0.2, -0.15) is 25.2 Å². The van der Waals surface area contributed by atoms with E-state index < -0.39 is 5.66 Å². The largest absolute Gasteiger partial charge is 0.347 e. The molecule has 0 fully saturated rings. The standard InChI is InChI=1S/C18H19N7O2/c1-2-3-9-18(23-24-18)10-8-16(26)19-13-17(27)22-14-4-6-15(7-5-14)25-20-11-12-21-25/h1,4-7,11-12H,3,8-10,13H2,(H,19,26)(H,22,27). The first-order valence-corrected chi connectivity index (χ1v) is 8.51. The predicted octanol–water partition coefficient (Wildman–Crippen LogP) is 1.68. The smallest absolute Gasteiger partial charge is 0.243 e. The molecule has 0 aliphatic carbocycles. The molecule has 1 aromatic carbocycles. The summed E-state index contributed by atoms with van der Waals surface area (Å²) in [5.41, 5.74) is 0.909. The van der Waals surface area contributed by atoms with E-state index in [4.69, 9.17) is 6.42 Å². The van der Waals surface area contributed by atoms with Gasteiger partial charge < -0.3 is 10.6 Å². The second kappa shape index (κ2) is 8.23. The topological polar surface area (TPSA) is 114 Å². The van der Waals surface area contributed by atoms with Crippen LogP contribution in [0.3, 0.4) is 0 Å². The summed E-state index contributed by atoms with van der Waals surface area (Å²) in [7, 11) is 0. The summed E-state index contributed by atoms with van der Waals surface area (Å²) in [6.07, 6.45) is 10.4. The maximum absolute atomic E-state index is 12.0. The van der Waals surface area contributed by atoms with Crippen molar-refractivity contribution >= 4 is 17.5 Å². The van der Waals surface area contributed by atoms with Gasteiger partial charge in [0.15, 0.2) is 5.66 Å². The van der Waals surface area contributed by atoms with Crippen molar-refractivity contribution in [1.29, 1.82) is 0 Å². The number of carbonyl (C=O) groups excluding carboxylic acids is 2. The van der Waals surface area contributed by atoms with E-state index in [0.29, 0.717) is 24.9 Å². The highest BCUT2D eigenvalue weighted by molar-refractivity contribution is 5.94. The minimum absolute atomic E-state index is 0.104. The van der Waals surface area contributed by atoms with Gasteiger partial charge in [0.2, 0.25) is 11.8 Å². The number of nitrogens with one attached hydrogen (secondary N) is 2. The highest BCUT2D eigenvalue weighted by atomic mass is 16.2. The first-order valence-electron chi connectivity index (χ1n) is 8.51. The van der Waals surface area contributed by atoms with E-state index in [9.17, 15) is 9.59 Å². The quantitative estimate of drug-likeness (QED) is 0.658. The number of hydrogen-bond donors (Lipinski definition) is 2. The number of anilines is 1. The fraction of sp³-hybridized carbons (Fsp3) is 0.333. The van der Waals surface area contributed by atoms with Gasteiger partial charge in [0.1, 0.15) is 0 Å². The van der Waals surface area contributed by atoms with Gasteiger partial charge in [-0.3, -0.25) is 9.59 Å². The number of hydrogen-bond acceptors (Lipinski definition) is 6. The van der Waals surface area contributed by atoms with Crippen molar-refractivity contribution in [3.63, 3.8) is 0 Å². The summed E-state index contributed by atoms with van der Waals surface area (Å²) in [5, 5.41) is 21.3. The minimum Gasteiger partial charge on any atom is -0.347 e. The van der Waals surface area contributed by atoms with Gasteiger partial charge in [0.05, 0.1) is 24.6 Å². The fourth-order valence-electron chi connectivity index (χ4n) is 2.48. The lowest BCUT2D eigenvalue weighted by Gasteiger charge is -2.10. The first kappa shape index (κ1) is 18.3. The summed E-state index contributed by atoms with van der Waals surface area (Å²) in [6.45, 7) is -0.104.